The van der Waals surface area contributed by atoms with Crippen molar-refractivity contribution in [3.63, 3.8) is 0 Å². The second-order valence-electron chi connectivity index (χ2n) is 11.1. The smallest absolute Gasteiger partial charge is 0.123 e. The zero-order valence-electron chi connectivity index (χ0n) is 22.1. The van der Waals surface area contributed by atoms with Crippen LogP contribution < -0.4 is 9.47 Å². The van der Waals surface area contributed by atoms with Gasteiger partial charge in [-0.25, -0.2) is 0 Å². The van der Waals surface area contributed by atoms with E-state index in [1.165, 1.54) is 102 Å². The Morgan fingerprint density at radius 1 is 0.667 bits per heavy atom. The number of benzene rings is 1. The minimum absolute atomic E-state index is 0.636. The van der Waals surface area contributed by atoms with E-state index < -0.39 is 0 Å². The van der Waals surface area contributed by atoms with Crippen molar-refractivity contribution < 1.29 is 9.47 Å². The molecule has 188 valence electrons. The number of hydrogen-bond acceptors (Lipinski definition) is 2. The lowest BCUT2D eigenvalue weighted by molar-refractivity contribution is 0.175. The largest absolute Gasteiger partial charge is 0.494 e. The molecule has 0 aromatic heterocycles. The lowest BCUT2D eigenvalue weighted by Crippen LogP contribution is -2.21. The number of hydrogen-bond donors (Lipinski definition) is 0. The SMILES string of the molecule is CCCCCC1CCC(COc2ccc(OCCC)cc2C2CCC(CCCC)CC2)CC1. The predicted molar refractivity (Wildman–Crippen MR) is 142 cm³/mol. The van der Waals surface area contributed by atoms with Crippen molar-refractivity contribution in [3.05, 3.63) is 23.8 Å². The van der Waals surface area contributed by atoms with Crippen molar-refractivity contribution in [2.45, 2.75) is 129 Å². The van der Waals surface area contributed by atoms with E-state index >= 15 is 0 Å². The second kappa shape index (κ2) is 14.9. The summed E-state index contributed by atoms with van der Waals surface area (Å²) in [5, 5.41) is 0. The summed E-state index contributed by atoms with van der Waals surface area (Å²) in [6.45, 7) is 8.49. The van der Waals surface area contributed by atoms with Crippen LogP contribution in [0, 0.1) is 17.8 Å². The highest BCUT2D eigenvalue weighted by Gasteiger charge is 2.26. The van der Waals surface area contributed by atoms with Gasteiger partial charge >= 0.3 is 0 Å². The van der Waals surface area contributed by atoms with Crippen LogP contribution >= 0.6 is 0 Å². The van der Waals surface area contributed by atoms with Crippen LogP contribution in [0.15, 0.2) is 18.2 Å². The monoisotopic (exact) mass is 456 g/mol. The average molecular weight is 457 g/mol. The van der Waals surface area contributed by atoms with Gasteiger partial charge in [-0.05, 0) is 86.8 Å². The molecule has 2 saturated carbocycles. The van der Waals surface area contributed by atoms with Crippen molar-refractivity contribution in [1.82, 2.24) is 0 Å². The normalized spacial score (nSPS) is 25.7. The van der Waals surface area contributed by atoms with Gasteiger partial charge in [0.15, 0.2) is 0 Å². The maximum atomic E-state index is 6.56. The van der Waals surface area contributed by atoms with Gasteiger partial charge in [0.1, 0.15) is 11.5 Å². The average Bonchev–Trinajstić information content (AvgIpc) is 2.86. The van der Waals surface area contributed by atoms with Gasteiger partial charge in [0.05, 0.1) is 13.2 Å². The highest BCUT2D eigenvalue weighted by molar-refractivity contribution is 5.43. The zero-order chi connectivity index (χ0) is 23.3. The summed E-state index contributed by atoms with van der Waals surface area (Å²) in [6, 6.07) is 6.65. The first kappa shape index (κ1) is 26.4. The van der Waals surface area contributed by atoms with E-state index in [2.05, 4.69) is 39.0 Å². The maximum Gasteiger partial charge on any atom is 0.123 e. The summed E-state index contributed by atoms with van der Waals surface area (Å²) in [6.07, 6.45) is 21.7. The summed E-state index contributed by atoms with van der Waals surface area (Å²) >= 11 is 0. The molecule has 0 bridgehead atoms. The van der Waals surface area contributed by atoms with Crippen LogP contribution in [0.5, 0.6) is 11.5 Å². The Morgan fingerprint density at radius 2 is 1.30 bits per heavy atom. The number of unbranched alkanes of at least 4 members (excludes halogenated alkanes) is 3. The third kappa shape index (κ3) is 8.84. The van der Waals surface area contributed by atoms with E-state index in [-0.39, 0.29) is 0 Å². The Labute approximate surface area is 205 Å². The van der Waals surface area contributed by atoms with E-state index in [1.807, 2.05) is 0 Å². The fraction of sp³-hybridized carbons (Fsp3) is 0.806. The van der Waals surface area contributed by atoms with Gasteiger partial charge in [0.25, 0.3) is 0 Å². The van der Waals surface area contributed by atoms with Crippen LogP contribution in [-0.4, -0.2) is 13.2 Å². The number of ether oxygens (including phenoxy) is 2. The molecular weight excluding hydrogens is 404 g/mol. The molecule has 33 heavy (non-hydrogen) atoms. The van der Waals surface area contributed by atoms with Crippen molar-refractivity contribution in [2.75, 3.05) is 13.2 Å². The molecular formula is C31H52O2. The summed E-state index contributed by atoms with van der Waals surface area (Å²) in [7, 11) is 0. The Kier molecular flexibility index (Phi) is 12.0. The number of rotatable bonds is 14. The van der Waals surface area contributed by atoms with Crippen LogP contribution in [0.4, 0.5) is 0 Å². The topological polar surface area (TPSA) is 18.5 Å². The first-order chi connectivity index (χ1) is 16.2. The highest BCUT2D eigenvalue weighted by Crippen LogP contribution is 2.42. The zero-order valence-corrected chi connectivity index (χ0v) is 22.1. The fourth-order valence-corrected chi connectivity index (χ4v) is 6.12. The van der Waals surface area contributed by atoms with Crippen molar-refractivity contribution in [2.24, 2.45) is 17.8 Å². The molecule has 2 nitrogen and oxygen atoms in total. The third-order valence-electron chi connectivity index (χ3n) is 8.36. The van der Waals surface area contributed by atoms with Gasteiger partial charge in [0.2, 0.25) is 0 Å². The Bertz CT molecular complexity index is 638. The molecule has 0 amide bonds. The summed E-state index contributed by atoms with van der Waals surface area (Å²) in [5.41, 5.74) is 1.42. The van der Waals surface area contributed by atoms with Crippen LogP contribution in [-0.2, 0) is 0 Å². The fourth-order valence-electron chi connectivity index (χ4n) is 6.12. The molecule has 2 aliphatic rings. The molecule has 2 heteroatoms. The van der Waals surface area contributed by atoms with Gasteiger partial charge in [-0.3, -0.25) is 0 Å². The molecule has 1 aromatic carbocycles. The van der Waals surface area contributed by atoms with Crippen molar-refractivity contribution in [3.8, 4) is 11.5 Å². The maximum absolute atomic E-state index is 6.56. The summed E-state index contributed by atoms with van der Waals surface area (Å²) in [4.78, 5) is 0. The quantitative estimate of drug-likeness (QED) is 0.259. The van der Waals surface area contributed by atoms with Gasteiger partial charge in [-0.2, -0.15) is 0 Å². The van der Waals surface area contributed by atoms with E-state index in [0.29, 0.717) is 5.92 Å². The Morgan fingerprint density at radius 3 is 1.97 bits per heavy atom. The molecule has 2 fully saturated rings. The molecule has 0 unspecified atom stereocenters. The van der Waals surface area contributed by atoms with Crippen LogP contribution in [0.2, 0.25) is 0 Å². The highest BCUT2D eigenvalue weighted by atomic mass is 16.5. The van der Waals surface area contributed by atoms with Crippen LogP contribution in [0.25, 0.3) is 0 Å². The molecule has 1 aromatic rings. The van der Waals surface area contributed by atoms with Gasteiger partial charge in [-0.1, -0.05) is 78.6 Å². The van der Waals surface area contributed by atoms with E-state index in [1.54, 1.807) is 0 Å². The van der Waals surface area contributed by atoms with E-state index in [0.717, 1.165) is 48.9 Å². The Balaban J connectivity index is 1.55. The standard InChI is InChI=1S/C31H52O2/c1-4-7-9-11-26-12-14-27(15-13-26)24-33-31-21-20-29(32-22-6-3)23-30(31)28-18-16-25(17-19-28)10-8-5-2/h20-21,23,25-28H,4-19,22,24H2,1-3H3. The minimum atomic E-state index is 0.636. The molecule has 0 N–H and O–H groups in total. The minimum Gasteiger partial charge on any atom is -0.494 e. The van der Waals surface area contributed by atoms with Gasteiger partial charge < -0.3 is 9.47 Å². The van der Waals surface area contributed by atoms with E-state index in [4.69, 9.17) is 9.47 Å². The molecule has 3 rings (SSSR count). The van der Waals surface area contributed by atoms with Gasteiger partial charge in [0, 0.05) is 5.56 Å². The summed E-state index contributed by atoms with van der Waals surface area (Å²) < 4.78 is 12.6. The molecule has 0 radical (unpaired) electrons. The summed E-state index contributed by atoms with van der Waals surface area (Å²) in [5.74, 6) is 5.46. The van der Waals surface area contributed by atoms with Crippen molar-refractivity contribution >= 4 is 0 Å². The molecule has 0 spiro atoms. The third-order valence-corrected chi connectivity index (χ3v) is 8.36. The van der Waals surface area contributed by atoms with Crippen LogP contribution in [0.1, 0.15) is 135 Å². The van der Waals surface area contributed by atoms with Gasteiger partial charge in [-0.15, -0.1) is 0 Å². The molecule has 2 aliphatic carbocycles. The Hall–Kier alpha value is -1.18. The molecule has 0 aliphatic heterocycles. The first-order valence-electron chi connectivity index (χ1n) is 14.6. The predicted octanol–water partition coefficient (Wildman–Crippen LogP) is 9.70. The molecule has 0 heterocycles. The first-order valence-corrected chi connectivity index (χ1v) is 14.6. The second-order valence-corrected chi connectivity index (χ2v) is 11.1. The lowest BCUT2D eigenvalue weighted by Gasteiger charge is -2.31. The van der Waals surface area contributed by atoms with Crippen molar-refractivity contribution in [1.29, 1.82) is 0 Å². The molecule has 0 saturated heterocycles. The van der Waals surface area contributed by atoms with E-state index in [9.17, 15) is 0 Å². The lowest BCUT2D eigenvalue weighted by atomic mass is 9.77. The molecule has 0 atom stereocenters. The van der Waals surface area contributed by atoms with Crippen LogP contribution in [0.3, 0.4) is 0 Å².